The predicted molar refractivity (Wildman–Crippen MR) is 76.6 cm³/mol. The topological polar surface area (TPSA) is 60.1 Å². The van der Waals surface area contributed by atoms with Crippen molar-refractivity contribution >= 4 is 17.2 Å². The highest BCUT2D eigenvalue weighted by atomic mass is 32.1. The van der Waals surface area contributed by atoms with Crippen LogP contribution in [-0.4, -0.2) is 22.2 Å². The first-order valence-corrected chi connectivity index (χ1v) is 7.09. The number of carbonyl (C=O) groups excluding carboxylic acids is 1. The van der Waals surface area contributed by atoms with Crippen LogP contribution >= 0.6 is 11.3 Å². The maximum absolute atomic E-state index is 11.7. The molecule has 0 spiro atoms. The highest BCUT2D eigenvalue weighted by Crippen LogP contribution is 2.18. The maximum atomic E-state index is 11.7. The number of carbonyl (C=O) groups is 1. The Morgan fingerprint density at radius 1 is 1.40 bits per heavy atom. The van der Waals surface area contributed by atoms with Crippen LogP contribution < -0.4 is 5.32 Å². The highest BCUT2D eigenvalue weighted by molar-refractivity contribution is 7.12. The summed E-state index contributed by atoms with van der Waals surface area (Å²) in [5.74, 6) is 0.747. The molecular formula is C14H13N3O2S. The molecule has 0 radical (unpaired) electrons. The Bertz CT molecular complexity index is 671. The first kappa shape index (κ1) is 12.7. The number of aromatic nitrogens is 2. The molecule has 1 N–H and O–H groups in total. The molecule has 0 unspecified atom stereocenters. The molecule has 20 heavy (non-hydrogen) atoms. The minimum atomic E-state index is -0.0431. The van der Waals surface area contributed by atoms with Crippen LogP contribution in [-0.2, 0) is 6.54 Å². The van der Waals surface area contributed by atoms with Crippen LogP contribution in [0.3, 0.4) is 0 Å². The van der Waals surface area contributed by atoms with Crippen LogP contribution in [0.4, 0.5) is 0 Å². The summed E-state index contributed by atoms with van der Waals surface area (Å²) in [6.45, 7) is 1.16. The fraction of sp³-hybridized carbons (Fsp3) is 0.143. The molecule has 102 valence electrons. The van der Waals surface area contributed by atoms with Crippen molar-refractivity contribution in [1.82, 2.24) is 15.1 Å². The Morgan fingerprint density at radius 3 is 3.10 bits per heavy atom. The summed E-state index contributed by atoms with van der Waals surface area (Å²) in [5.41, 5.74) is 0.930. The van der Waals surface area contributed by atoms with E-state index >= 15 is 0 Å². The van der Waals surface area contributed by atoms with Gasteiger partial charge in [-0.15, -0.1) is 11.3 Å². The van der Waals surface area contributed by atoms with Crippen molar-refractivity contribution in [3.8, 4) is 11.3 Å². The molecule has 0 atom stereocenters. The third-order valence-electron chi connectivity index (χ3n) is 2.81. The van der Waals surface area contributed by atoms with E-state index in [-0.39, 0.29) is 5.91 Å². The molecule has 3 rings (SSSR count). The number of hydrogen-bond donors (Lipinski definition) is 1. The molecule has 3 aromatic rings. The van der Waals surface area contributed by atoms with Gasteiger partial charge >= 0.3 is 0 Å². The first-order chi connectivity index (χ1) is 9.83. The van der Waals surface area contributed by atoms with Crippen LogP contribution in [0.1, 0.15) is 9.67 Å². The van der Waals surface area contributed by atoms with E-state index in [9.17, 15) is 4.79 Å². The lowest BCUT2D eigenvalue weighted by Crippen LogP contribution is -2.26. The van der Waals surface area contributed by atoms with Gasteiger partial charge in [-0.25, -0.2) is 0 Å². The third-order valence-corrected chi connectivity index (χ3v) is 3.68. The molecule has 0 fully saturated rings. The summed E-state index contributed by atoms with van der Waals surface area (Å²) >= 11 is 1.43. The summed E-state index contributed by atoms with van der Waals surface area (Å²) in [7, 11) is 0. The van der Waals surface area contributed by atoms with Crippen LogP contribution in [0.25, 0.3) is 11.3 Å². The van der Waals surface area contributed by atoms with Gasteiger partial charge in [0.15, 0.2) is 0 Å². The van der Waals surface area contributed by atoms with E-state index in [0.29, 0.717) is 13.1 Å². The summed E-state index contributed by atoms with van der Waals surface area (Å²) in [6, 6.07) is 7.40. The maximum Gasteiger partial charge on any atom is 0.261 e. The standard InChI is InChI=1S/C14H13N3O2S/c18-14(13-4-2-8-20-13)15-5-6-17-10-11(9-16-17)12-3-1-7-19-12/h1-4,7-10H,5-6H2,(H,15,18). The number of amides is 1. The molecule has 0 aliphatic rings. The van der Waals surface area contributed by atoms with Crippen LogP contribution in [0.15, 0.2) is 52.7 Å². The number of rotatable bonds is 5. The summed E-state index contributed by atoms with van der Waals surface area (Å²) in [4.78, 5) is 12.5. The minimum Gasteiger partial charge on any atom is -0.464 e. The molecule has 0 aliphatic heterocycles. The van der Waals surface area contributed by atoms with Crippen molar-refractivity contribution in [2.45, 2.75) is 6.54 Å². The van der Waals surface area contributed by atoms with Crippen LogP contribution in [0.5, 0.6) is 0 Å². The second-order valence-electron chi connectivity index (χ2n) is 4.20. The average Bonchev–Trinajstić information content (AvgIpc) is 3.20. The molecule has 0 aromatic carbocycles. The van der Waals surface area contributed by atoms with E-state index < -0.39 is 0 Å². The summed E-state index contributed by atoms with van der Waals surface area (Å²) < 4.78 is 7.09. The predicted octanol–water partition coefficient (Wildman–Crippen LogP) is 2.63. The van der Waals surface area contributed by atoms with E-state index in [1.54, 1.807) is 17.1 Å². The van der Waals surface area contributed by atoms with Gasteiger partial charge in [0, 0.05) is 12.7 Å². The lowest BCUT2D eigenvalue weighted by atomic mass is 10.3. The number of nitrogens with one attached hydrogen (secondary N) is 1. The van der Waals surface area contributed by atoms with Gasteiger partial charge in [-0.3, -0.25) is 9.48 Å². The highest BCUT2D eigenvalue weighted by Gasteiger charge is 2.06. The quantitative estimate of drug-likeness (QED) is 0.784. The second-order valence-corrected chi connectivity index (χ2v) is 5.15. The van der Waals surface area contributed by atoms with Gasteiger partial charge in [0.1, 0.15) is 5.76 Å². The number of nitrogens with zero attached hydrogens (tertiary/aromatic N) is 2. The van der Waals surface area contributed by atoms with E-state index in [0.717, 1.165) is 16.2 Å². The molecule has 1 amide bonds. The number of hydrogen-bond acceptors (Lipinski definition) is 4. The Kier molecular flexibility index (Phi) is 3.64. The van der Waals surface area contributed by atoms with Gasteiger partial charge in [-0.2, -0.15) is 5.10 Å². The Labute approximate surface area is 119 Å². The normalized spacial score (nSPS) is 10.6. The Balaban J connectivity index is 1.53. The van der Waals surface area contributed by atoms with Crippen molar-refractivity contribution < 1.29 is 9.21 Å². The zero-order chi connectivity index (χ0) is 13.8. The van der Waals surface area contributed by atoms with E-state index in [1.807, 2.05) is 35.8 Å². The van der Waals surface area contributed by atoms with Crippen molar-refractivity contribution in [2.24, 2.45) is 0 Å². The zero-order valence-electron chi connectivity index (χ0n) is 10.7. The molecule has 0 bridgehead atoms. The lowest BCUT2D eigenvalue weighted by Gasteiger charge is -2.03. The Hall–Kier alpha value is -2.34. The lowest BCUT2D eigenvalue weighted by molar-refractivity contribution is 0.0956. The summed E-state index contributed by atoms with van der Waals surface area (Å²) in [5, 5.41) is 8.99. The number of furan rings is 1. The van der Waals surface area contributed by atoms with Crippen molar-refractivity contribution in [3.05, 3.63) is 53.2 Å². The van der Waals surface area contributed by atoms with Crippen LogP contribution in [0, 0.1) is 0 Å². The van der Waals surface area contributed by atoms with Gasteiger partial charge in [0.05, 0.1) is 29.4 Å². The van der Waals surface area contributed by atoms with Crippen molar-refractivity contribution in [2.75, 3.05) is 6.54 Å². The SMILES string of the molecule is O=C(NCCn1cc(-c2ccco2)cn1)c1cccs1. The van der Waals surface area contributed by atoms with Gasteiger partial charge in [0.2, 0.25) is 0 Å². The zero-order valence-corrected chi connectivity index (χ0v) is 11.5. The van der Waals surface area contributed by atoms with E-state index in [4.69, 9.17) is 4.42 Å². The molecule has 3 aromatic heterocycles. The molecular weight excluding hydrogens is 274 g/mol. The molecule has 0 saturated heterocycles. The molecule has 5 nitrogen and oxygen atoms in total. The van der Waals surface area contributed by atoms with Crippen LogP contribution in [0.2, 0.25) is 0 Å². The number of thiophene rings is 1. The monoisotopic (exact) mass is 287 g/mol. The van der Waals surface area contributed by atoms with E-state index in [1.165, 1.54) is 11.3 Å². The minimum absolute atomic E-state index is 0.0431. The van der Waals surface area contributed by atoms with Gasteiger partial charge in [-0.1, -0.05) is 6.07 Å². The second kappa shape index (κ2) is 5.75. The third kappa shape index (κ3) is 2.80. The van der Waals surface area contributed by atoms with E-state index in [2.05, 4.69) is 10.4 Å². The average molecular weight is 287 g/mol. The van der Waals surface area contributed by atoms with Gasteiger partial charge in [-0.05, 0) is 23.6 Å². The molecule has 6 heteroatoms. The van der Waals surface area contributed by atoms with Crippen molar-refractivity contribution in [3.63, 3.8) is 0 Å². The Morgan fingerprint density at radius 2 is 2.35 bits per heavy atom. The van der Waals surface area contributed by atoms with Gasteiger partial charge in [0.25, 0.3) is 5.91 Å². The first-order valence-electron chi connectivity index (χ1n) is 6.21. The smallest absolute Gasteiger partial charge is 0.261 e. The molecule has 3 heterocycles. The molecule has 0 aliphatic carbocycles. The largest absolute Gasteiger partial charge is 0.464 e. The fourth-order valence-corrected chi connectivity index (χ4v) is 2.47. The van der Waals surface area contributed by atoms with Gasteiger partial charge < -0.3 is 9.73 Å². The van der Waals surface area contributed by atoms with Crippen molar-refractivity contribution in [1.29, 1.82) is 0 Å². The summed E-state index contributed by atoms with van der Waals surface area (Å²) in [6.07, 6.45) is 5.28. The molecule has 0 saturated carbocycles. The fourth-order valence-electron chi connectivity index (χ4n) is 1.83.